The van der Waals surface area contributed by atoms with Gasteiger partial charge in [0.05, 0.1) is 6.61 Å². The van der Waals surface area contributed by atoms with Gasteiger partial charge in [0.25, 0.3) is 0 Å². The summed E-state index contributed by atoms with van der Waals surface area (Å²) >= 11 is 8.00. The summed E-state index contributed by atoms with van der Waals surface area (Å²) in [5.41, 5.74) is 1.28. The number of hydrogen-bond donors (Lipinski definition) is 2. The molecular formula is C15H22ClNOS. The number of thioether (sulfide) groups is 1. The van der Waals surface area contributed by atoms with Crippen molar-refractivity contribution in [2.24, 2.45) is 5.92 Å². The fourth-order valence-corrected chi connectivity index (χ4v) is 3.87. The van der Waals surface area contributed by atoms with Crippen molar-refractivity contribution >= 4 is 23.4 Å². The number of halogens is 1. The number of fused-ring (bicyclic) bond motifs is 1. The van der Waals surface area contributed by atoms with Crippen LogP contribution in [0, 0.1) is 5.92 Å². The summed E-state index contributed by atoms with van der Waals surface area (Å²) in [5.74, 6) is 1.70. The van der Waals surface area contributed by atoms with Crippen molar-refractivity contribution in [2.45, 2.75) is 43.7 Å². The lowest BCUT2D eigenvalue weighted by Gasteiger charge is -2.30. The minimum atomic E-state index is 0.167. The van der Waals surface area contributed by atoms with Crippen LogP contribution < -0.4 is 5.32 Å². The molecule has 1 aliphatic rings. The summed E-state index contributed by atoms with van der Waals surface area (Å²) in [5, 5.41) is 13.9. The summed E-state index contributed by atoms with van der Waals surface area (Å²) in [7, 11) is 0. The lowest BCUT2D eigenvalue weighted by atomic mass is 9.99. The first kappa shape index (κ1) is 15.2. The lowest BCUT2D eigenvalue weighted by molar-refractivity contribution is 0.211. The highest BCUT2D eigenvalue weighted by molar-refractivity contribution is 7.99. The highest BCUT2D eigenvalue weighted by atomic mass is 35.5. The Morgan fingerprint density at radius 1 is 1.47 bits per heavy atom. The second-order valence-corrected chi connectivity index (χ2v) is 7.12. The van der Waals surface area contributed by atoms with E-state index in [9.17, 15) is 5.11 Å². The van der Waals surface area contributed by atoms with Gasteiger partial charge in [0.15, 0.2) is 0 Å². The molecule has 0 fully saturated rings. The maximum Gasteiger partial charge on any atom is 0.0584 e. The molecule has 2 rings (SSSR count). The third-order valence-corrected chi connectivity index (χ3v) is 4.78. The van der Waals surface area contributed by atoms with Crippen LogP contribution in [-0.4, -0.2) is 23.5 Å². The molecule has 0 saturated heterocycles. The Morgan fingerprint density at radius 2 is 2.26 bits per heavy atom. The van der Waals surface area contributed by atoms with Crippen molar-refractivity contribution in [3.8, 4) is 0 Å². The van der Waals surface area contributed by atoms with Crippen LogP contribution in [0.5, 0.6) is 0 Å². The third kappa shape index (κ3) is 4.12. The second kappa shape index (κ2) is 6.98. The van der Waals surface area contributed by atoms with Gasteiger partial charge in [-0.3, -0.25) is 0 Å². The fourth-order valence-electron chi connectivity index (χ4n) is 2.59. The van der Waals surface area contributed by atoms with E-state index in [1.807, 2.05) is 17.8 Å². The monoisotopic (exact) mass is 299 g/mol. The molecule has 1 aliphatic heterocycles. The standard InChI is InChI=1S/C15H22ClNOS/c1-10(2)7-12(9-18)17-14-5-6-19-15-4-3-11(16)8-13(14)15/h3-4,8,10,12,14,17-18H,5-7,9H2,1-2H3. The predicted octanol–water partition coefficient (Wildman–Crippen LogP) is 3.87. The topological polar surface area (TPSA) is 32.3 Å². The van der Waals surface area contributed by atoms with Crippen molar-refractivity contribution < 1.29 is 5.11 Å². The Balaban J connectivity index is 2.12. The molecule has 1 heterocycles. The minimum absolute atomic E-state index is 0.167. The van der Waals surface area contributed by atoms with E-state index in [2.05, 4.69) is 31.3 Å². The molecule has 2 N–H and O–H groups in total. The van der Waals surface area contributed by atoms with Crippen LogP contribution >= 0.6 is 23.4 Å². The number of hydrogen-bond acceptors (Lipinski definition) is 3. The molecule has 0 aromatic heterocycles. The summed E-state index contributed by atoms with van der Waals surface area (Å²) in [4.78, 5) is 1.31. The van der Waals surface area contributed by atoms with Crippen LogP contribution in [0.3, 0.4) is 0 Å². The number of rotatable bonds is 5. The summed E-state index contributed by atoms with van der Waals surface area (Å²) in [6.45, 7) is 4.56. The molecule has 2 unspecified atom stereocenters. The maximum absolute atomic E-state index is 9.51. The van der Waals surface area contributed by atoms with Crippen LogP contribution in [0.1, 0.15) is 38.3 Å². The Labute approximate surface area is 124 Å². The lowest BCUT2D eigenvalue weighted by Crippen LogP contribution is -2.38. The summed E-state index contributed by atoms with van der Waals surface area (Å²) in [6.07, 6.45) is 2.09. The number of aliphatic hydroxyl groups excluding tert-OH is 1. The highest BCUT2D eigenvalue weighted by Crippen LogP contribution is 2.37. The van der Waals surface area contributed by atoms with Crippen LogP contribution in [0.2, 0.25) is 5.02 Å². The molecule has 19 heavy (non-hydrogen) atoms. The normalized spacial score (nSPS) is 20.4. The first-order valence-corrected chi connectivity index (χ1v) is 8.25. The van der Waals surface area contributed by atoms with Crippen LogP contribution in [0.4, 0.5) is 0 Å². The Hall–Kier alpha value is -0.220. The van der Waals surface area contributed by atoms with E-state index in [4.69, 9.17) is 11.6 Å². The van der Waals surface area contributed by atoms with Gasteiger partial charge in [0.1, 0.15) is 0 Å². The molecule has 0 spiro atoms. The second-order valence-electron chi connectivity index (χ2n) is 5.55. The molecule has 0 bridgehead atoms. The summed E-state index contributed by atoms with van der Waals surface area (Å²) in [6, 6.07) is 6.59. The van der Waals surface area contributed by atoms with E-state index in [1.54, 1.807) is 0 Å². The van der Waals surface area contributed by atoms with E-state index < -0.39 is 0 Å². The van der Waals surface area contributed by atoms with Crippen molar-refractivity contribution in [1.29, 1.82) is 0 Å². The number of benzene rings is 1. The van der Waals surface area contributed by atoms with Crippen LogP contribution in [-0.2, 0) is 0 Å². The molecule has 2 atom stereocenters. The van der Waals surface area contributed by atoms with Gasteiger partial charge in [-0.15, -0.1) is 11.8 Å². The first-order chi connectivity index (χ1) is 9.10. The zero-order valence-corrected chi connectivity index (χ0v) is 13.1. The number of nitrogens with one attached hydrogen (secondary N) is 1. The van der Waals surface area contributed by atoms with E-state index in [0.29, 0.717) is 12.0 Å². The van der Waals surface area contributed by atoms with Crippen LogP contribution in [0.25, 0.3) is 0 Å². The minimum Gasteiger partial charge on any atom is -0.395 e. The van der Waals surface area contributed by atoms with Crippen molar-refractivity contribution in [3.05, 3.63) is 28.8 Å². The average Bonchev–Trinajstić information content (AvgIpc) is 2.38. The van der Waals surface area contributed by atoms with Gasteiger partial charge in [-0.25, -0.2) is 0 Å². The smallest absolute Gasteiger partial charge is 0.0584 e. The van der Waals surface area contributed by atoms with Gasteiger partial charge in [-0.05, 0) is 48.3 Å². The van der Waals surface area contributed by atoms with Gasteiger partial charge in [0.2, 0.25) is 0 Å². The molecular weight excluding hydrogens is 278 g/mol. The van der Waals surface area contributed by atoms with Gasteiger partial charge in [-0.2, -0.15) is 0 Å². The first-order valence-electron chi connectivity index (χ1n) is 6.89. The molecule has 2 nitrogen and oxygen atoms in total. The van der Waals surface area contributed by atoms with Crippen molar-refractivity contribution in [1.82, 2.24) is 5.32 Å². The number of aliphatic hydroxyl groups is 1. The zero-order valence-electron chi connectivity index (χ0n) is 11.5. The molecule has 4 heteroatoms. The predicted molar refractivity (Wildman–Crippen MR) is 83.0 cm³/mol. The molecule has 1 aromatic carbocycles. The molecule has 0 aliphatic carbocycles. The highest BCUT2D eigenvalue weighted by Gasteiger charge is 2.23. The van der Waals surface area contributed by atoms with E-state index >= 15 is 0 Å². The van der Waals surface area contributed by atoms with Crippen molar-refractivity contribution in [3.63, 3.8) is 0 Å². The fraction of sp³-hybridized carbons (Fsp3) is 0.600. The third-order valence-electron chi connectivity index (χ3n) is 3.42. The van der Waals surface area contributed by atoms with Gasteiger partial charge < -0.3 is 10.4 Å². The van der Waals surface area contributed by atoms with Gasteiger partial charge in [0, 0.05) is 22.0 Å². The van der Waals surface area contributed by atoms with E-state index in [1.165, 1.54) is 10.5 Å². The van der Waals surface area contributed by atoms with E-state index in [-0.39, 0.29) is 12.6 Å². The molecule has 0 saturated carbocycles. The molecule has 0 amide bonds. The maximum atomic E-state index is 9.51. The molecule has 106 valence electrons. The van der Waals surface area contributed by atoms with Crippen LogP contribution in [0.15, 0.2) is 23.1 Å². The van der Waals surface area contributed by atoms with E-state index in [0.717, 1.165) is 23.6 Å². The SMILES string of the molecule is CC(C)CC(CO)NC1CCSc2ccc(Cl)cc21. The van der Waals surface area contributed by atoms with Crippen molar-refractivity contribution in [2.75, 3.05) is 12.4 Å². The largest absolute Gasteiger partial charge is 0.395 e. The average molecular weight is 300 g/mol. The quantitative estimate of drug-likeness (QED) is 0.865. The summed E-state index contributed by atoms with van der Waals surface area (Å²) < 4.78 is 0. The van der Waals surface area contributed by atoms with Gasteiger partial charge in [-0.1, -0.05) is 25.4 Å². The Kier molecular flexibility index (Phi) is 5.58. The Morgan fingerprint density at radius 3 is 2.95 bits per heavy atom. The zero-order chi connectivity index (χ0) is 13.8. The molecule has 1 aromatic rings. The van der Waals surface area contributed by atoms with Gasteiger partial charge >= 0.3 is 0 Å². The Bertz CT molecular complexity index is 425. The molecule has 0 radical (unpaired) electrons.